The lowest BCUT2D eigenvalue weighted by atomic mass is 10.2. The van der Waals surface area contributed by atoms with E-state index in [1.807, 2.05) is 0 Å². The Hall–Kier alpha value is -1.55. The van der Waals surface area contributed by atoms with Crippen LogP contribution < -0.4 is 4.74 Å². The summed E-state index contributed by atoms with van der Waals surface area (Å²) in [4.78, 5) is 11.7. The van der Waals surface area contributed by atoms with Gasteiger partial charge in [-0.25, -0.2) is 5.06 Å². The number of hydrogen-bond donors (Lipinski definition) is 1. The summed E-state index contributed by atoms with van der Waals surface area (Å²) in [5.74, 6) is 0.168. The van der Waals surface area contributed by atoms with Crippen molar-refractivity contribution in [3.05, 3.63) is 29.8 Å². The first-order chi connectivity index (χ1) is 7.06. The standard InChI is InChI=1S/C11H15NO3/c1-8(2)12(14)11(13)9-5-4-6-10(7-9)15-3/h4-8,14H,1-3H3. The van der Waals surface area contributed by atoms with Gasteiger partial charge < -0.3 is 4.74 Å². The molecule has 0 radical (unpaired) electrons. The van der Waals surface area contributed by atoms with Gasteiger partial charge in [0.25, 0.3) is 5.91 Å². The average Bonchev–Trinajstić information content (AvgIpc) is 2.27. The Morgan fingerprint density at radius 1 is 1.47 bits per heavy atom. The average molecular weight is 209 g/mol. The summed E-state index contributed by atoms with van der Waals surface area (Å²) in [7, 11) is 1.53. The maximum atomic E-state index is 11.7. The lowest BCUT2D eigenvalue weighted by Gasteiger charge is -2.18. The first kappa shape index (κ1) is 11.5. The van der Waals surface area contributed by atoms with E-state index >= 15 is 0 Å². The number of ether oxygens (including phenoxy) is 1. The Morgan fingerprint density at radius 3 is 2.67 bits per heavy atom. The van der Waals surface area contributed by atoms with E-state index in [1.54, 1.807) is 38.1 Å². The van der Waals surface area contributed by atoms with Gasteiger partial charge in [-0.05, 0) is 32.0 Å². The molecule has 1 N–H and O–H groups in total. The molecule has 0 bridgehead atoms. The minimum Gasteiger partial charge on any atom is -0.497 e. The summed E-state index contributed by atoms with van der Waals surface area (Å²) in [6.45, 7) is 3.47. The van der Waals surface area contributed by atoms with Crippen molar-refractivity contribution in [2.24, 2.45) is 0 Å². The van der Waals surface area contributed by atoms with E-state index in [2.05, 4.69) is 0 Å². The molecule has 0 unspecified atom stereocenters. The second-order valence-electron chi connectivity index (χ2n) is 3.48. The Morgan fingerprint density at radius 2 is 2.13 bits per heavy atom. The van der Waals surface area contributed by atoms with Crippen molar-refractivity contribution in [3.8, 4) is 5.75 Å². The molecule has 1 aromatic rings. The van der Waals surface area contributed by atoms with Crippen molar-refractivity contribution in [2.75, 3.05) is 7.11 Å². The van der Waals surface area contributed by atoms with Crippen molar-refractivity contribution < 1.29 is 14.7 Å². The molecule has 0 saturated carbocycles. The molecule has 1 amide bonds. The van der Waals surface area contributed by atoms with E-state index in [0.29, 0.717) is 16.4 Å². The minimum atomic E-state index is -0.427. The summed E-state index contributed by atoms with van der Waals surface area (Å²) < 4.78 is 4.99. The summed E-state index contributed by atoms with van der Waals surface area (Å²) in [5, 5.41) is 10.2. The fourth-order valence-electron chi connectivity index (χ4n) is 1.12. The van der Waals surface area contributed by atoms with Crippen LogP contribution in [-0.4, -0.2) is 29.3 Å². The van der Waals surface area contributed by atoms with Gasteiger partial charge in [0.2, 0.25) is 0 Å². The molecule has 1 aromatic carbocycles. The molecular formula is C11H15NO3. The Bertz CT molecular complexity index is 349. The quantitative estimate of drug-likeness (QED) is 0.611. The number of methoxy groups -OCH3 is 1. The van der Waals surface area contributed by atoms with Crippen LogP contribution in [0.4, 0.5) is 0 Å². The highest BCUT2D eigenvalue weighted by Gasteiger charge is 2.16. The minimum absolute atomic E-state index is 0.247. The van der Waals surface area contributed by atoms with Gasteiger partial charge in [-0.1, -0.05) is 6.07 Å². The van der Waals surface area contributed by atoms with Crippen LogP contribution in [0.15, 0.2) is 24.3 Å². The third-order valence-electron chi connectivity index (χ3n) is 2.01. The van der Waals surface area contributed by atoms with Crippen LogP contribution in [0.1, 0.15) is 24.2 Å². The number of benzene rings is 1. The highest BCUT2D eigenvalue weighted by molar-refractivity contribution is 5.93. The van der Waals surface area contributed by atoms with Crippen molar-refractivity contribution in [3.63, 3.8) is 0 Å². The van der Waals surface area contributed by atoms with Gasteiger partial charge in [0.15, 0.2) is 0 Å². The fraction of sp³-hybridized carbons (Fsp3) is 0.364. The molecule has 82 valence electrons. The smallest absolute Gasteiger partial charge is 0.277 e. The molecule has 1 rings (SSSR count). The molecule has 0 heterocycles. The summed E-state index contributed by atoms with van der Waals surface area (Å²) in [6, 6.07) is 6.43. The van der Waals surface area contributed by atoms with E-state index in [-0.39, 0.29) is 6.04 Å². The number of hydroxylamine groups is 2. The zero-order valence-electron chi connectivity index (χ0n) is 9.10. The topological polar surface area (TPSA) is 49.8 Å². The van der Waals surface area contributed by atoms with Crippen LogP contribution >= 0.6 is 0 Å². The first-order valence-corrected chi connectivity index (χ1v) is 4.72. The lowest BCUT2D eigenvalue weighted by molar-refractivity contribution is -0.0794. The summed E-state index contributed by atoms with van der Waals surface area (Å²) >= 11 is 0. The van der Waals surface area contributed by atoms with Gasteiger partial charge in [-0.3, -0.25) is 10.0 Å². The molecule has 4 nitrogen and oxygen atoms in total. The van der Waals surface area contributed by atoms with E-state index in [9.17, 15) is 10.0 Å². The van der Waals surface area contributed by atoms with Gasteiger partial charge in [0, 0.05) is 5.56 Å². The van der Waals surface area contributed by atoms with Crippen LogP contribution in [0.3, 0.4) is 0 Å². The van der Waals surface area contributed by atoms with E-state index in [1.165, 1.54) is 7.11 Å². The summed E-state index contributed by atoms with van der Waals surface area (Å²) in [5.41, 5.74) is 0.408. The number of rotatable bonds is 3. The van der Waals surface area contributed by atoms with E-state index in [4.69, 9.17) is 4.74 Å². The zero-order chi connectivity index (χ0) is 11.4. The highest BCUT2D eigenvalue weighted by Crippen LogP contribution is 2.14. The molecular weight excluding hydrogens is 194 g/mol. The van der Waals surface area contributed by atoms with Gasteiger partial charge >= 0.3 is 0 Å². The van der Waals surface area contributed by atoms with Crippen molar-refractivity contribution >= 4 is 5.91 Å². The van der Waals surface area contributed by atoms with Crippen LogP contribution in [0, 0.1) is 0 Å². The van der Waals surface area contributed by atoms with Crippen molar-refractivity contribution in [1.82, 2.24) is 5.06 Å². The van der Waals surface area contributed by atoms with Crippen LogP contribution in [0.2, 0.25) is 0 Å². The third-order valence-corrected chi connectivity index (χ3v) is 2.01. The molecule has 0 spiro atoms. The molecule has 0 atom stereocenters. The molecule has 4 heteroatoms. The Labute approximate surface area is 89.0 Å². The van der Waals surface area contributed by atoms with Gasteiger partial charge in [-0.2, -0.15) is 0 Å². The molecule has 0 aromatic heterocycles. The number of carbonyl (C=O) groups is 1. The SMILES string of the molecule is COc1cccc(C(=O)N(O)C(C)C)c1. The largest absolute Gasteiger partial charge is 0.497 e. The predicted molar refractivity (Wildman–Crippen MR) is 56.1 cm³/mol. The predicted octanol–water partition coefficient (Wildman–Crippen LogP) is 1.93. The molecule has 0 aliphatic carbocycles. The van der Waals surface area contributed by atoms with Crippen LogP contribution in [0.25, 0.3) is 0 Å². The summed E-state index contributed by atoms with van der Waals surface area (Å²) in [6.07, 6.45) is 0. The monoisotopic (exact) mass is 209 g/mol. The first-order valence-electron chi connectivity index (χ1n) is 4.72. The highest BCUT2D eigenvalue weighted by atomic mass is 16.5. The lowest BCUT2D eigenvalue weighted by Crippen LogP contribution is -2.33. The fourth-order valence-corrected chi connectivity index (χ4v) is 1.12. The Balaban J connectivity index is 2.91. The Kier molecular flexibility index (Phi) is 3.68. The molecule has 0 saturated heterocycles. The number of carbonyl (C=O) groups excluding carboxylic acids is 1. The maximum absolute atomic E-state index is 11.7. The van der Waals surface area contributed by atoms with Crippen molar-refractivity contribution in [1.29, 1.82) is 0 Å². The van der Waals surface area contributed by atoms with E-state index < -0.39 is 5.91 Å². The van der Waals surface area contributed by atoms with Crippen LogP contribution in [0.5, 0.6) is 5.75 Å². The molecule has 15 heavy (non-hydrogen) atoms. The van der Waals surface area contributed by atoms with E-state index in [0.717, 1.165) is 0 Å². The normalized spacial score (nSPS) is 10.2. The molecule has 0 aliphatic rings. The third kappa shape index (κ3) is 2.70. The number of amides is 1. The van der Waals surface area contributed by atoms with Crippen molar-refractivity contribution in [2.45, 2.75) is 19.9 Å². The zero-order valence-corrected chi connectivity index (χ0v) is 9.10. The second kappa shape index (κ2) is 4.79. The second-order valence-corrected chi connectivity index (χ2v) is 3.48. The number of nitrogens with zero attached hydrogens (tertiary/aromatic N) is 1. The maximum Gasteiger partial charge on any atom is 0.277 e. The van der Waals surface area contributed by atoms with Gasteiger partial charge in [0.1, 0.15) is 5.75 Å². The molecule has 0 fully saturated rings. The van der Waals surface area contributed by atoms with Crippen LogP contribution in [-0.2, 0) is 0 Å². The van der Waals surface area contributed by atoms with Gasteiger partial charge in [0.05, 0.1) is 13.2 Å². The molecule has 0 aliphatic heterocycles. The van der Waals surface area contributed by atoms with Gasteiger partial charge in [-0.15, -0.1) is 0 Å². The number of hydrogen-bond acceptors (Lipinski definition) is 3.